The van der Waals surface area contributed by atoms with Gasteiger partial charge < -0.3 is 4.74 Å². The quantitative estimate of drug-likeness (QED) is 0.189. The van der Waals surface area contributed by atoms with Gasteiger partial charge in [-0.05, 0) is 90.3 Å². The molecule has 0 fully saturated rings. The fourth-order valence-corrected chi connectivity index (χ4v) is 4.06. The van der Waals surface area contributed by atoms with Gasteiger partial charge in [0.15, 0.2) is 0 Å². The summed E-state index contributed by atoms with van der Waals surface area (Å²) in [5.74, 6) is -0.176. The van der Waals surface area contributed by atoms with E-state index in [9.17, 15) is 4.39 Å². The monoisotopic (exact) mass is 444 g/mol. The Labute approximate surface area is 199 Å². The van der Waals surface area contributed by atoms with Crippen LogP contribution in [0.5, 0.6) is 0 Å². The minimum atomic E-state index is -0.176. The predicted molar refractivity (Wildman–Crippen MR) is 141 cm³/mol. The van der Waals surface area contributed by atoms with Crippen LogP contribution in [0, 0.1) is 5.82 Å². The zero-order chi connectivity index (χ0) is 23.5. The number of rotatable bonds is 13. The second-order valence-electron chi connectivity index (χ2n) is 8.84. The van der Waals surface area contributed by atoms with Crippen molar-refractivity contribution >= 4 is 16.8 Å². The number of benzene rings is 3. The second-order valence-corrected chi connectivity index (χ2v) is 8.84. The maximum atomic E-state index is 14.3. The first-order chi connectivity index (χ1) is 16.1. The van der Waals surface area contributed by atoms with Crippen LogP contribution in [0.2, 0.25) is 0 Å². The van der Waals surface area contributed by atoms with Gasteiger partial charge in [0, 0.05) is 6.61 Å². The molecule has 0 aliphatic heterocycles. The Kier molecular flexibility index (Phi) is 9.90. The van der Waals surface area contributed by atoms with Crippen molar-refractivity contribution in [3.05, 3.63) is 90.3 Å². The van der Waals surface area contributed by atoms with Crippen LogP contribution in [0.15, 0.2) is 73.3 Å². The van der Waals surface area contributed by atoms with E-state index < -0.39 is 0 Å². The first-order valence-corrected chi connectivity index (χ1v) is 12.3. The molecule has 0 spiro atoms. The Balaban J connectivity index is 1.55. The summed E-state index contributed by atoms with van der Waals surface area (Å²) in [5.41, 5.74) is 3.81. The van der Waals surface area contributed by atoms with Crippen molar-refractivity contribution in [1.82, 2.24) is 0 Å². The lowest BCUT2D eigenvalue weighted by molar-refractivity contribution is 0.0566. The third-order valence-corrected chi connectivity index (χ3v) is 6.06. The average Bonchev–Trinajstić information content (AvgIpc) is 2.82. The second kappa shape index (κ2) is 13.1. The molecule has 0 bridgehead atoms. The summed E-state index contributed by atoms with van der Waals surface area (Å²) in [6.45, 7) is 8.98. The van der Waals surface area contributed by atoms with Crippen molar-refractivity contribution in [2.24, 2.45) is 0 Å². The first kappa shape index (κ1) is 24.9. The van der Waals surface area contributed by atoms with E-state index in [0.29, 0.717) is 18.1 Å². The van der Waals surface area contributed by atoms with Gasteiger partial charge >= 0.3 is 0 Å². The van der Waals surface area contributed by atoms with Crippen LogP contribution in [-0.2, 0) is 11.2 Å². The fourth-order valence-electron chi connectivity index (χ4n) is 4.06. The molecule has 0 N–H and O–H groups in total. The standard InChI is InChI=1S/C31H37FO/c1-4-6-10-20-33-24(3)12-8-7-9-13-25-14-15-28-22-29(19-18-27(28)21-25)30-17-16-26(11-5-2)31(32)23-30/h5,9,13-19,21-24H,2,4,6-8,10-12,20H2,1,3H3/b13-9+. The number of hydrogen-bond acceptors (Lipinski definition) is 1. The number of allylic oxidation sites excluding steroid dienone is 2. The van der Waals surface area contributed by atoms with E-state index in [1.807, 2.05) is 12.1 Å². The van der Waals surface area contributed by atoms with Crippen LogP contribution in [-0.4, -0.2) is 12.7 Å². The molecule has 3 rings (SSSR count). The lowest BCUT2D eigenvalue weighted by atomic mass is 9.98. The lowest BCUT2D eigenvalue weighted by Crippen LogP contribution is -2.08. The molecule has 174 valence electrons. The van der Waals surface area contributed by atoms with E-state index in [-0.39, 0.29) is 5.82 Å². The van der Waals surface area contributed by atoms with Crippen LogP contribution in [0.1, 0.15) is 63.5 Å². The third kappa shape index (κ3) is 7.68. The molecule has 0 heterocycles. The van der Waals surface area contributed by atoms with Gasteiger partial charge in [-0.25, -0.2) is 4.39 Å². The van der Waals surface area contributed by atoms with E-state index in [0.717, 1.165) is 42.4 Å². The fraction of sp³-hybridized carbons (Fsp3) is 0.355. The molecule has 0 saturated carbocycles. The highest BCUT2D eigenvalue weighted by molar-refractivity contribution is 5.89. The Hall–Kier alpha value is -2.71. The van der Waals surface area contributed by atoms with E-state index in [1.54, 1.807) is 12.1 Å². The van der Waals surface area contributed by atoms with Gasteiger partial charge in [-0.2, -0.15) is 0 Å². The zero-order valence-electron chi connectivity index (χ0n) is 20.2. The van der Waals surface area contributed by atoms with Gasteiger partial charge in [0.1, 0.15) is 5.82 Å². The molecule has 0 aliphatic carbocycles. The third-order valence-electron chi connectivity index (χ3n) is 6.06. The van der Waals surface area contributed by atoms with Gasteiger partial charge in [-0.3, -0.25) is 0 Å². The molecule has 1 atom stereocenters. The van der Waals surface area contributed by atoms with Crippen molar-refractivity contribution < 1.29 is 9.13 Å². The summed E-state index contributed by atoms with van der Waals surface area (Å²) in [6, 6.07) is 18.3. The maximum absolute atomic E-state index is 14.3. The largest absolute Gasteiger partial charge is 0.379 e. The highest BCUT2D eigenvalue weighted by atomic mass is 19.1. The van der Waals surface area contributed by atoms with Crippen molar-refractivity contribution in [1.29, 1.82) is 0 Å². The zero-order valence-corrected chi connectivity index (χ0v) is 20.2. The molecule has 0 aliphatic rings. The smallest absolute Gasteiger partial charge is 0.127 e. The summed E-state index contributed by atoms with van der Waals surface area (Å²) in [6.07, 6.45) is 14.0. The van der Waals surface area contributed by atoms with Crippen LogP contribution in [0.3, 0.4) is 0 Å². The molecule has 0 radical (unpaired) electrons. The SMILES string of the molecule is C=CCc1ccc(-c2ccc3cc(/C=C/CCCC(C)OCCCCC)ccc3c2)cc1F. The van der Waals surface area contributed by atoms with Crippen molar-refractivity contribution in [3.63, 3.8) is 0 Å². The number of fused-ring (bicyclic) bond motifs is 1. The number of unbranched alkanes of at least 4 members (excludes halogenated alkanes) is 3. The molecule has 0 saturated heterocycles. The van der Waals surface area contributed by atoms with Gasteiger partial charge in [-0.15, -0.1) is 6.58 Å². The topological polar surface area (TPSA) is 9.23 Å². The van der Waals surface area contributed by atoms with Crippen LogP contribution < -0.4 is 0 Å². The first-order valence-electron chi connectivity index (χ1n) is 12.3. The number of ether oxygens (including phenoxy) is 1. The van der Waals surface area contributed by atoms with E-state index in [2.05, 4.69) is 69.0 Å². The van der Waals surface area contributed by atoms with Gasteiger partial charge in [0.05, 0.1) is 6.10 Å². The van der Waals surface area contributed by atoms with Crippen molar-refractivity contribution in [2.75, 3.05) is 6.61 Å². The minimum Gasteiger partial charge on any atom is -0.379 e. The highest BCUT2D eigenvalue weighted by Gasteiger charge is 2.06. The summed E-state index contributed by atoms with van der Waals surface area (Å²) in [7, 11) is 0. The number of hydrogen-bond donors (Lipinski definition) is 0. The molecular weight excluding hydrogens is 407 g/mol. The summed E-state index contributed by atoms with van der Waals surface area (Å²) in [5, 5.41) is 2.35. The van der Waals surface area contributed by atoms with Crippen LogP contribution in [0.4, 0.5) is 4.39 Å². The molecular formula is C31H37FO. The molecule has 0 aromatic heterocycles. The van der Waals surface area contributed by atoms with Crippen molar-refractivity contribution in [2.45, 2.75) is 64.9 Å². The normalized spacial score (nSPS) is 12.5. The Morgan fingerprint density at radius 1 is 0.939 bits per heavy atom. The van der Waals surface area contributed by atoms with E-state index in [1.165, 1.54) is 30.2 Å². The van der Waals surface area contributed by atoms with E-state index >= 15 is 0 Å². The highest BCUT2D eigenvalue weighted by Crippen LogP contribution is 2.27. The average molecular weight is 445 g/mol. The molecule has 1 nitrogen and oxygen atoms in total. The molecule has 1 unspecified atom stereocenters. The Morgan fingerprint density at radius 3 is 2.48 bits per heavy atom. The van der Waals surface area contributed by atoms with Crippen LogP contribution >= 0.6 is 0 Å². The van der Waals surface area contributed by atoms with Gasteiger partial charge in [-0.1, -0.05) is 74.4 Å². The predicted octanol–water partition coefficient (Wildman–Crippen LogP) is 9.15. The summed E-state index contributed by atoms with van der Waals surface area (Å²) in [4.78, 5) is 0. The molecule has 33 heavy (non-hydrogen) atoms. The van der Waals surface area contributed by atoms with Crippen molar-refractivity contribution in [3.8, 4) is 11.1 Å². The Bertz CT molecular complexity index is 1070. The number of halogens is 1. The molecule has 0 amide bonds. The summed E-state index contributed by atoms with van der Waals surface area (Å²) < 4.78 is 20.2. The molecule has 3 aromatic rings. The molecule has 2 heteroatoms. The minimum absolute atomic E-state index is 0.176. The Morgan fingerprint density at radius 2 is 1.70 bits per heavy atom. The van der Waals surface area contributed by atoms with Gasteiger partial charge in [0.25, 0.3) is 0 Å². The van der Waals surface area contributed by atoms with E-state index in [4.69, 9.17) is 4.74 Å². The van der Waals surface area contributed by atoms with Gasteiger partial charge in [0.2, 0.25) is 0 Å². The summed E-state index contributed by atoms with van der Waals surface area (Å²) >= 11 is 0. The molecule has 3 aromatic carbocycles. The lowest BCUT2D eigenvalue weighted by Gasteiger charge is -2.12. The maximum Gasteiger partial charge on any atom is 0.127 e. The van der Waals surface area contributed by atoms with Crippen LogP contribution in [0.25, 0.3) is 28.0 Å².